The Balaban J connectivity index is 2.19. The normalized spacial score (nSPS) is 18.0. The van der Waals surface area contributed by atoms with Gasteiger partial charge in [-0.3, -0.25) is 0 Å². The van der Waals surface area contributed by atoms with E-state index >= 15 is 0 Å². The van der Waals surface area contributed by atoms with Crippen molar-refractivity contribution >= 4 is 12.0 Å². The molecule has 0 spiro atoms. The maximum atomic E-state index is 10.8. The third kappa shape index (κ3) is 5.45. The number of allylic oxidation sites excluding steroid dienone is 4. The molecule has 1 aliphatic rings. The van der Waals surface area contributed by atoms with Crippen LogP contribution in [0.2, 0.25) is 0 Å². The molecule has 0 aliphatic heterocycles. The summed E-state index contributed by atoms with van der Waals surface area (Å²) in [6, 6.07) is 8.41. The number of carbonyl (C=O) groups is 1. The summed E-state index contributed by atoms with van der Waals surface area (Å²) in [7, 11) is 0. The molecule has 0 amide bonds. The van der Waals surface area contributed by atoms with Gasteiger partial charge in [0.25, 0.3) is 0 Å². The molecule has 2 nitrogen and oxygen atoms in total. The maximum absolute atomic E-state index is 10.8. The van der Waals surface area contributed by atoms with Crippen LogP contribution in [0.25, 0.3) is 6.08 Å². The van der Waals surface area contributed by atoms with Gasteiger partial charge in [0.15, 0.2) is 0 Å². The molecule has 25 heavy (non-hydrogen) atoms. The highest BCUT2D eigenvalue weighted by molar-refractivity contribution is 5.80. The smallest absolute Gasteiger partial charge is 0.328 e. The van der Waals surface area contributed by atoms with Crippen molar-refractivity contribution in [3.05, 3.63) is 64.3 Å². The fraction of sp³-hybridized carbons (Fsp3) is 0.435. The molecule has 0 bridgehead atoms. The van der Waals surface area contributed by atoms with Crippen molar-refractivity contribution < 1.29 is 9.90 Å². The van der Waals surface area contributed by atoms with Gasteiger partial charge in [-0.25, -0.2) is 4.79 Å². The van der Waals surface area contributed by atoms with Gasteiger partial charge >= 0.3 is 5.97 Å². The Bertz CT molecular complexity index is 717. The first-order valence-corrected chi connectivity index (χ1v) is 9.16. The van der Waals surface area contributed by atoms with E-state index in [1.165, 1.54) is 47.6 Å². The van der Waals surface area contributed by atoms with Crippen LogP contribution in [-0.2, 0) is 11.2 Å². The Morgan fingerprint density at radius 3 is 2.64 bits per heavy atom. The molecular formula is C23H30O2. The Kier molecular flexibility index (Phi) is 6.41. The van der Waals surface area contributed by atoms with E-state index in [4.69, 9.17) is 5.11 Å². The minimum Gasteiger partial charge on any atom is -0.478 e. The molecule has 0 aromatic heterocycles. The molecule has 1 N–H and O–H groups in total. The fourth-order valence-electron chi connectivity index (χ4n) is 3.72. The maximum Gasteiger partial charge on any atom is 0.328 e. The lowest BCUT2D eigenvalue weighted by Gasteiger charge is -2.33. The molecule has 0 radical (unpaired) electrons. The lowest BCUT2D eigenvalue weighted by atomic mass is 9.72. The molecule has 0 heterocycles. The zero-order valence-corrected chi connectivity index (χ0v) is 15.9. The summed E-state index contributed by atoms with van der Waals surface area (Å²) in [6.07, 6.45) is 11.2. The lowest BCUT2D eigenvalue weighted by Crippen LogP contribution is -2.18. The SMILES string of the molecule is CC1=C(/C=C/c2ccccc2CC/C(C)=C/C(=O)O)C(C)(C)CCC1. The Morgan fingerprint density at radius 1 is 1.24 bits per heavy atom. The molecule has 1 aliphatic carbocycles. The number of aliphatic carboxylic acids is 1. The molecule has 1 aromatic rings. The van der Waals surface area contributed by atoms with E-state index in [0.717, 1.165) is 18.4 Å². The number of aryl methyl sites for hydroxylation is 1. The third-order valence-electron chi connectivity index (χ3n) is 5.19. The molecule has 0 atom stereocenters. The van der Waals surface area contributed by atoms with Crippen molar-refractivity contribution in [3.8, 4) is 0 Å². The molecule has 0 saturated carbocycles. The van der Waals surface area contributed by atoms with Crippen molar-refractivity contribution in [2.75, 3.05) is 0 Å². The van der Waals surface area contributed by atoms with Gasteiger partial charge in [0.2, 0.25) is 0 Å². The molecule has 1 aromatic carbocycles. The van der Waals surface area contributed by atoms with Crippen molar-refractivity contribution in [1.82, 2.24) is 0 Å². The van der Waals surface area contributed by atoms with Crippen LogP contribution in [0.1, 0.15) is 64.5 Å². The molecule has 0 fully saturated rings. The molecule has 2 rings (SSSR count). The summed E-state index contributed by atoms with van der Waals surface area (Å²) in [6.45, 7) is 8.81. The highest BCUT2D eigenvalue weighted by Gasteiger charge is 2.26. The van der Waals surface area contributed by atoms with Crippen LogP contribution >= 0.6 is 0 Å². The van der Waals surface area contributed by atoms with E-state index in [-0.39, 0.29) is 5.41 Å². The summed E-state index contributed by atoms with van der Waals surface area (Å²) in [5, 5.41) is 8.85. The number of hydrogen-bond donors (Lipinski definition) is 1. The van der Waals surface area contributed by atoms with Crippen LogP contribution in [0.3, 0.4) is 0 Å². The van der Waals surface area contributed by atoms with Gasteiger partial charge in [-0.2, -0.15) is 0 Å². The number of carboxylic acids is 1. The monoisotopic (exact) mass is 338 g/mol. The molecule has 134 valence electrons. The zero-order chi connectivity index (χ0) is 18.4. The standard InChI is InChI=1S/C23H30O2/c1-17(16-22(24)25)11-12-19-9-5-6-10-20(19)13-14-21-18(2)8-7-15-23(21,3)4/h5-6,9-10,13-14,16H,7-8,11-12,15H2,1-4H3,(H,24,25)/b14-13+,17-16+. The fourth-order valence-corrected chi connectivity index (χ4v) is 3.72. The summed E-state index contributed by atoms with van der Waals surface area (Å²) < 4.78 is 0. The largest absolute Gasteiger partial charge is 0.478 e. The van der Waals surface area contributed by atoms with Crippen LogP contribution in [0.4, 0.5) is 0 Å². The van der Waals surface area contributed by atoms with Crippen molar-refractivity contribution in [1.29, 1.82) is 0 Å². The highest BCUT2D eigenvalue weighted by atomic mass is 16.4. The van der Waals surface area contributed by atoms with E-state index in [0.29, 0.717) is 0 Å². The molecule has 0 saturated heterocycles. The minimum atomic E-state index is -0.868. The summed E-state index contributed by atoms with van der Waals surface area (Å²) >= 11 is 0. The van der Waals surface area contributed by atoms with E-state index in [2.05, 4.69) is 57.2 Å². The second-order valence-corrected chi connectivity index (χ2v) is 7.79. The first kappa shape index (κ1) is 19.2. The van der Waals surface area contributed by atoms with Gasteiger partial charge in [-0.1, -0.05) is 61.4 Å². The first-order valence-electron chi connectivity index (χ1n) is 9.16. The van der Waals surface area contributed by atoms with Crippen LogP contribution in [0.5, 0.6) is 0 Å². The first-order chi connectivity index (χ1) is 11.8. The highest BCUT2D eigenvalue weighted by Crippen LogP contribution is 2.41. The Morgan fingerprint density at radius 2 is 1.96 bits per heavy atom. The second-order valence-electron chi connectivity index (χ2n) is 7.79. The average Bonchev–Trinajstić information content (AvgIpc) is 2.52. The van der Waals surface area contributed by atoms with Gasteiger partial charge in [-0.15, -0.1) is 0 Å². The van der Waals surface area contributed by atoms with Crippen molar-refractivity contribution in [2.24, 2.45) is 5.41 Å². The van der Waals surface area contributed by atoms with E-state index in [1.54, 1.807) is 0 Å². The van der Waals surface area contributed by atoms with Gasteiger partial charge in [0, 0.05) is 6.08 Å². The molecule has 0 unspecified atom stereocenters. The van der Waals surface area contributed by atoms with Crippen LogP contribution < -0.4 is 0 Å². The molecule has 2 heteroatoms. The number of carboxylic acid groups (broad SMARTS) is 1. The predicted octanol–water partition coefficient (Wildman–Crippen LogP) is 6.19. The van der Waals surface area contributed by atoms with E-state index < -0.39 is 5.97 Å². The molecular weight excluding hydrogens is 308 g/mol. The van der Waals surface area contributed by atoms with E-state index in [9.17, 15) is 4.79 Å². The average molecular weight is 338 g/mol. The number of rotatable bonds is 6. The van der Waals surface area contributed by atoms with E-state index in [1.807, 2.05) is 6.92 Å². The topological polar surface area (TPSA) is 37.3 Å². The number of benzene rings is 1. The van der Waals surface area contributed by atoms with Crippen LogP contribution in [-0.4, -0.2) is 11.1 Å². The number of hydrogen-bond acceptors (Lipinski definition) is 1. The van der Waals surface area contributed by atoms with Crippen LogP contribution in [0.15, 0.2) is 53.1 Å². The third-order valence-corrected chi connectivity index (χ3v) is 5.19. The quantitative estimate of drug-likeness (QED) is 0.628. The summed E-state index contributed by atoms with van der Waals surface area (Å²) in [4.78, 5) is 10.8. The zero-order valence-electron chi connectivity index (χ0n) is 15.9. The van der Waals surface area contributed by atoms with Gasteiger partial charge in [0.05, 0.1) is 0 Å². The van der Waals surface area contributed by atoms with Crippen molar-refractivity contribution in [2.45, 2.75) is 59.8 Å². The second kappa shape index (κ2) is 8.33. The van der Waals surface area contributed by atoms with Gasteiger partial charge < -0.3 is 5.11 Å². The van der Waals surface area contributed by atoms with Crippen molar-refractivity contribution in [3.63, 3.8) is 0 Å². The van der Waals surface area contributed by atoms with Gasteiger partial charge in [-0.05, 0) is 68.1 Å². The Labute approximate surface area is 152 Å². The lowest BCUT2D eigenvalue weighted by molar-refractivity contribution is -0.131. The predicted molar refractivity (Wildman–Crippen MR) is 106 cm³/mol. The minimum absolute atomic E-state index is 0.245. The Hall–Kier alpha value is -2.09. The van der Waals surface area contributed by atoms with Crippen LogP contribution in [0, 0.1) is 5.41 Å². The summed E-state index contributed by atoms with van der Waals surface area (Å²) in [5.74, 6) is -0.868. The van der Waals surface area contributed by atoms with Gasteiger partial charge in [0.1, 0.15) is 0 Å². The summed E-state index contributed by atoms with van der Waals surface area (Å²) in [5.41, 5.74) is 6.62.